The minimum atomic E-state index is -1.01. The van der Waals surface area contributed by atoms with Gasteiger partial charge in [-0.3, -0.25) is 0 Å². The molecule has 0 N–H and O–H groups in total. The fourth-order valence-electron chi connectivity index (χ4n) is 2.47. The second-order valence-corrected chi connectivity index (χ2v) is 10.6. The van der Waals surface area contributed by atoms with Crippen molar-refractivity contribution in [2.24, 2.45) is 0 Å². The molecule has 0 saturated heterocycles. The summed E-state index contributed by atoms with van der Waals surface area (Å²) in [6.07, 6.45) is 6.14. The third-order valence-corrected chi connectivity index (χ3v) is 9.90. The van der Waals surface area contributed by atoms with Crippen LogP contribution in [0.4, 0.5) is 0 Å². The first-order valence-electron chi connectivity index (χ1n) is 7.43. The van der Waals surface area contributed by atoms with E-state index in [4.69, 9.17) is 4.74 Å². The molecule has 0 saturated carbocycles. The maximum Gasteiger partial charge on any atom is 0.330 e. The molecule has 0 aliphatic carbocycles. The van der Waals surface area contributed by atoms with Crippen molar-refractivity contribution in [3.63, 3.8) is 0 Å². The normalized spacial score (nSPS) is 11.3. The molecule has 0 aliphatic rings. The van der Waals surface area contributed by atoms with E-state index in [9.17, 15) is 4.79 Å². The standard InChI is InChI=1S/C15H30O2Si/c1-5-9-13-18(7-3,8-4)14-11-10-12-17-15(16)6-2/h6H,2,5,7-14H2,1,3-4H3. The zero-order chi connectivity index (χ0) is 13.9. The van der Waals surface area contributed by atoms with E-state index in [0.717, 1.165) is 6.42 Å². The van der Waals surface area contributed by atoms with Crippen LogP contribution in [0.15, 0.2) is 12.7 Å². The summed E-state index contributed by atoms with van der Waals surface area (Å²) in [7, 11) is -1.01. The number of esters is 1. The Hall–Kier alpha value is -0.573. The van der Waals surface area contributed by atoms with Crippen molar-refractivity contribution < 1.29 is 9.53 Å². The number of hydrogen-bond acceptors (Lipinski definition) is 2. The summed E-state index contributed by atoms with van der Waals surface area (Å²) < 4.78 is 5.01. The SMILES string of the molecule is C=CC(=O)OCCCC[Si](CC)(CC)CCCC. The van der Waals surface area contributed by atoms with Crippen molar-refractivity contribution in [1.29, 1.82) is 0 Å². The van der Waals surface area contributed by atoms with Crippen LogP contribution >= 0.6 is 0 Å². The summed E-state index contributed by atoms with van der Waals surface area (Å²) in [6.45, 7) is 10.9. The van der Waals surface area contributed by atoms with E-state index in [1.54, 1.807) is 0 Å². The zero-order valence-electron chi connectivity index (χ0n) is 12.5. The number of rotatable bonds is 11. The van der Waals surface area contributed by atoms with Crippen LogP contribution in [0.1, 0.15) is 46.5 Å². The molecule has 0 spiro atoms. The van der Waals surface area contributed by atoms with Gasteiger partial charge in [0.15, 0.2) is 0 Å². The molecule has 0 heterocycles. The predicted molar refractivity (Wildman–Crippen MR) is 81.6 cm³/mol. The Balaban J connectivity index is 3.89. The molecular formula is C15H30O2Si. The smallest absolute Gasteiger partial charge is 0.330 e. The van der Waals surface area contributed by atoms with E-state index in [-0.39, 0.29) is 5.97 Å². The van der Waals surface area contributed by atoms with Crippen molar-refractivity contribution in [2.45, 2.75) is 70.6 Å². The summed E-state index contributed by atoms with van der Waals surface area (Å²) in [5, 5.41) is 0. The Morgan fingerprint density at radius 2 is 1.72 bits per heavy atom. The Morgan fingerprint density at radius 3 is 2.22 bits per heavy atom. The number of hydrogen-bond donors (Lipinski definition) is 0. The molecule has 18 heavy (non-hydrogen) atoms. The average Bonchev–Trinajstić information content (AvgIpc) is 2.42. The molecule has 0 bridgehead atoms. The van der Waals surface area contributed by atoms with Gasteiger partial charge in [-0.15, -0.1) is 0 Å². The van der Waals surface area contributed by atoms with Crippen molar-refractivity contribution in [1.82, 2.24) is 0 Å². The molecule has 0 rings (SSSR count). The topological polar surface area (TPSA) is 26.3 Å². The van der Waals surface area contributed by atoms with Gasteiger partial charge in [-0.1, -0.05) is 70.8 Å². The predicted octanol–water partition coefficient (Wildman–Crippen LogP) is 4.78. The molecule has 0 fully saturated rings. The lowest BCUT2D eigenvalue weighted by Gasteiger charge is -2.29. The van der Waals surface area contributed by atoms with Crippen LogP contribution in [0.2, 0.25) is 24.2 Å². The van der Waals surface area contributed by atoms with Gasteiger partial charge in [-0.05, 0) is 6.42 Å². The Kier molecular flexibility index (Phi) is 10.0. The van der Waals surface area contributed by atoms with Gasteiger partial charge in [0.05, 0.1) is 14.7 Å². The monoisotopic (exact) mass is 270 g/mol. The number of ether oxygens (including phenoxy) is 1. The summed E-state index contributed by atoms with van der Waals surface area (Å²) in [5.74, 6) is -0.296. The molecule has 106 valence electrons. The van der Waals surface area contributed by atoms with E-state index >= 15 is 0 Å². The van der Waals surface area contributed by atoms with Gasteiger partial charge < -0.3 is 4.74 Å². The third kappa shape index (κ3) is 6.99. The minimum absolute atomic E-state index is 0.296. The molecule has 0 radical (unpaired) electrons. The van der Waals surface area contributed by atoms with Gasteiger partial charge in [0.1, 0.15) is 0 Å². The van der Waals surface area contributed by atoms with Gasteiger partial charge in [0.25, 0.3) is 0 Å². The Labute approximate surface area is 114 Å². The molecule has 3 heteroatoms. The Morgan fingerprint density at radius 1 is 1.11 bits per heavy atom. The zero-order valence-corrected chi connectivity index (χ0v) is 13.5. The summed E-state index contributed by atoms with van der Waals surface area (Å²) in [5.41, 5.74) is 0. The van der Waals surface area contributed by atoms with Crippen LogP contribution in [0.5, 0.6) is 0 Å². The molecule has 0 amide bonds. The molecule has 0 atom stereocenters. The first kappa shape index (κ1) is 17.4. The molecular weight excluding hydrogens is 240 g/mol. The fourth-order valence-corrected chi connectivity index (χ4v) is 6.74. The van der Waals surface area contributed by atoms with Crippen LogP contribution in [-0.2, 0) is 9.53 Å². The maximum atomic E-state index is 10.9. The lowest BCUT2D eigenvalue weighted by atomic mass is 10.3. The minimum Gasteiger partial charge on any atom is -0.463 e. The molecule has 0 aliphatic heterocycles. The summed E-state index contributed by atoms with van der Waals surface area (Å²) >= 11 is 0. The highest BCUT2D eigenvalue weighted by atomic mass is 28.3. The second-order valence-electron chi connectivity index (χ2n) is 5.14. The number of unbranched alkanes of at least 4 members (excludes halogenated alkanes) is 2. The first-order valence-corrected chi connectivity index (χ1v) is 10.3. The summed E-state index contributed by atoms with van der Waals surface area (Å²) in [4.78, 5) is 10.9. The van der Waals surface area contributed by atoms with Crippen molar-refractivity contribution in [3.8, 4) is 0 Å². The van der Waals surface area contributed by atoms with Crippen LogP contribution in [0.25, 0.3) is 0 Å². The maximum absolute atomic E-state index is 10.9. The van der Waals surface area contributed by atoms with Crippen molar-refractivity contribution in [3.05, 3.63) is 12.7 Å². The van der Waals surface area contributed by atoms with Gasteiger partial charge in [-0.25, -0.2) is 4.79 Å². The van der Waals surface area contributed by atoms with Crippen molar-refractivity contribution in [2.75, 3.05) is 6.61 Å². The highest BCUT2D eigenvalue weighted by molar-refractivity contribution is 6.79. The number of carbonyl (C=O) groups is 1. The van der Waals surface area contributed by atoms with Gasteiger partial charge in [-0.2, -0.15) is 0 Å². The van der Waals surface area contributed by atoms with Crippen LogP contribution in [0.3, 0.4) is 0 Å². The van der Waals surface area contributed by atoms with Crippen LogP contribution < -0.4 is 0 Å². The van der Waals surface area contributed by atoms with Gasteiger partial charge in [0.2, 0.25) is 0 Å². The number of carbonyl (C=O) groups excluding carboxylic acids is 1. The second kappa shape index (κ2) is 10.4. The van der Waals surface area contributed by atoms with E-state index in [2.05, 4.69) is 27.4 Å². The quantitative estimate of drug-likeness (QED) is 0.234. The van der Waals surface area contributed by atoms with E-state index in [0.29, 0.717) is 6.61 Å². The molecule has 0 aromatic rings. The van der Waals surface area contributed by atoms with Crippen molar-refractivity contribution >= 4 is 14.0 Å². The average molecular weight is 270 g/mol. The molecule has 0 unspecified atom stereocenters. The Bertz CT molecular complexity index is 235. The van der Waals surface area contributed by atoms with E-state index < -0.39 is 8.07 Å². The largest absolute Gasteiger partial charge is 0.463 e. The summed E-state index contributed by atoms with van der Waals surface area (Å²) in [6, 6.07) is 5.67. The van der Waals surface area contributed by atoms with E-state index in [1.807, 2.05) is 0 Å². The van der Waals surface area contributed by atoms with Crippen LogP contribution in [0, 0.1) is 0 Å². The highest BCUT2D eigenvalue weighted by Gasteiger charge is 2.27. The molecule has 0 aromatic heterocycles. The van der Waals surface area contributed by atoms with E-state index in [1.165, 1.54) is 49.5 Å². The van der Waals surface area contributed by atoms with Gasteiger partial charge >= 0.3 is 5.97 Å². The third-order valence-electron chi connectivity index (χ3n) is 4.07. The highest BCUT2D eigenvalue weighted by Crippen LogP contribution is 2.29. The molecule has 2 nitrogen and oxygen atoms in total. The lowest BCUT2D eigenvalue weighted by molar-refractivity contribution is -0.137. The molecule has 0 aromatic carbocycles. The lowest BCUT2D eigenvalue weighted by Crippen LogP contribution is -2.31. The van der Waals surface area contributed by atoms with Crippen LogP contribution in [-0.4, -0.2) is 20.7 Å². The first-order chi connectivity index (χ1) is 8.64. The van der Waals surface area contributed by atoms with Gasteiger partial charge in [0, 0.05) is 6.08 Å². The fraction of sp³-hybridized carbons (Fsp3) is 0.800.